The summed E-state index contributed by atoms with van der Waals surface area (Å²) in [6.45, 7) is 1.93. The minimum Gasteiger partial charge on any atom is -0.480 e. The third kappa shape index (κ3) is 4.68. The number of benzene rings is 2. The minimum absolute atomic E-state index is 0.117. The second kappa shape index (κ2) is 9.09. The van der Waals surface area contributed by atoms with Gasteiger partial charge >= 0.3 is 5.97 Å². The van der Waals surface area contributed by atoms with Crippen molar-refractivity contribution in [1.29, 1.82) is 0 Å². The number of carbonyl (C=O) groups excluding carboxylic acids is 2. The molecule has 1 amide bonds. The lowest BCUT2D eigenvalue weighted by Crippen LogP contribution is -2.25. The van der Waals surface area contributed by atoms with Crippen molar-refractivity contribution in [2.24, 2.45) is 0 Å². The predicted octanol–water partition coefficient (Wildman–Crippen LogP) is 3.99. The van der Waals surface area contributed by atoms with Crippen LogP contribution in [0.2, 0.25) is 5.02 Å². The van der Waals surface area contributed by atoms with Crippen molar-refractivity contribution < 1.29 is 23.5 Å². The topological polar surface area (TPSA) is 77.5 Å². The van der Waals surface area contributed by atoms with Crippen LogP contribution in [0, 0.1) is 12.7 Å². The molecule has 0 fully saturated rings. The average molecular weight is 431 g/mol. The maximum Gasteiger partial charge on any atom is 0.343 e. The van der Waals surface area contributed by atoms with Crippen LogP contribution in [0.3, 0.4) is 0 Å². The second-order valence-corrected chi connectivity index (χ2v) is 7.13. The third-order valence-corrected chi connectivity index (χ3v) is 4.88. The van der Waals surface area contributed by atoms with E-state index in [2.05, 4.69) is 10.3 Å². The van der Waals surface area contributed by atoms with Gasteiger partial charge in [-0.05, 0) is 53.9 Å². The number of nitrogens with zero attached hydrogens (tertiary/aromatic N) is 1. The molecule has 0 unspecified atom stereocenters. The Labute approximate surface area is 178 Å². The fourth-order valence-electron chi connectivity index (χ4n) is 3.14. The number of nitrogens with one attached hydrogen (secondary N) is 1. The van der Waals surface area contributed by atoms with E-state index >= 15 is 0 Å². The summed E-state index contributed by atoms with van der Waals surface area (Å²) in [6.07, 6.45) is 0.119. The molecule has 0 saturated heterocycles. The van der Waals surface area contributed by atoms with E-state index in [1.807, 2.05) is 0 Å². The monoisotopic (exact) mass is 430 g/mol. The zero-order chi connectivity index (χ0) is 21.8. The molecule has 0 bridgehead atoms. The molecule has 0 spiro atoms. The zero-order valence-electron chi connectivity index (χ0n) is 16.7. The number of ether oxygens (including phenoxy) is 2. The van der Waals surface area contributed by atoms with Crippen LogP contribution >= 0.6 is 11.6 Å². The molecule has 0 saturated carbocycles. The standard InChI is InChI=1S/C22H20ClFN2O4/c1-12-6-17(24)5-4-13(12)10-19(27)25-11-15-8-16(23)7-14-9-18(22(28)30-3)21(29-2)26-20(14)15/h4-9H,10-11H2,1-3H3,(H,25,27). The predicted molar refractivity (Wildman–Crippen MR) is 111 cm³/mol. The third-order valence-electron chi connectivity index (χ3n) is 4.66. The first-order valence-electron chi connectivity index (χ1n) is 9.09. The molecule has 1 heterocycles. The number of carbonyl (C=O) groups is 2. The van der Waals surface area contributed by atoms with Gasteiger partial charge < -0.3 is 14.8 Å². The van der Waals surface area contributed by atoms with Gasteiger partial charge in [-0.1, -0.05) is 17.7 Å². The summed E-state index contributed by atoms with van der Waals surface area (Å²) in [5, 5.41) is 3.88. The van der Waals surface area contributed by atoms with Crippen LogP contribution in [0.1, 0.15) is 27.0 Å². The number of halogens is 2. The van der Waals surface area contributed by atoms with Crippen LogP contribution in [-0.2, 0) is 22.5 Å². The Bertz CT molecular complexity index is 1130. The Morgan fingerprint density at radius 2 is 1.90 bits per heavy atom. The summed E-state index contributed by atoms with van der Waals surface area (Å²) in [5.41, 5.74) is 2.84. The molecule has 0 aliphatic carbocycles. The lowest BCUT2D eigenvalue weighted by atomic mass is 10.0. The Hall–Kier alpha value is -3.19. The molecule has 2 aromatic carbocycles. The summed E-state index contributed by atoms with van der Waals surface area (Å²) < 4.78 is 23.2. The molecule has 0 radical (unpaired) electrons. The van der Waals surface area contributed by atoms with Crippen molar-refractivity contribution in [2.45, 2.75) is 19.9 Å². The number of aromatic nitrogens is 1. The number of fused-ring (bicyclic) bond motifs is 1. The van der Waals surface area contributed by atoms with Crippen molar-refractivity contribution in [2.75, 3.05) is 14.2 Å². The van der Waals surface area contributed by atoms with Crippen LogP contribution in [0.25, 0.3) is 10.9 Å². The largest absolute Gasteiger partial charge is 0.480 e. The van der Waals surface area contributed by atoms with E-state index in [1.54, 1.807) is 31.2 Å². The van der Waals surface area contributed by atoms with E-state index < -0.39 is 5.97 Å². The molecule has 1 N–H and O–H groups in total. The van der Waals surface area contributed by atoms with Crippen molar-refractivity contribution in [1.82, 2.24) is 10.3 Å². The van der Waals surface area contributed by atoms with Gasteiger partial charge in [-0.2, -0.15) is 0 Å². The van der Waals surface area contributed by atoms with Crippen LogP contribution in [0.5, 0.6) is 5.88 Å². The number of aryl methyl sites for hydroxylation is 1. The van der Waals surface area contributed by atoms with E-state index in [0.717, 1.165) is 5.56 Å². The highest BCUT2D eigenvalue weighted by Crippen LogP contribution is 2.28. The quantitative estimate of drug-likeness (QED) is 0.598. The number of rotatable bonds is 6. The van der Waals surface area contributed by atoms with Gasteiger partial charge in [0.15, 0.2) is 0 Å². The molecule has 0 aliphatic heterocycles. The molecule has 8 heteroatoms. The van der Waals surface area contributed by atoms with E-state index in [0.29, 0.717) is 27.1 Å². The molecular formula is C22H20ClFN2O4. The maximum absolute atomic E-state index is 13.2. The summed E-state index contributed by atoms with van der Waals surface area (Å²) >= 11 is 6.22. The molecular weight excluding hydrogens is 411 g/mol. The Kier molecular flexibility index (Phi) is 6.52. The van der Waals surface area contributed by atoms with Gasteiger partial charge in [0.05, 0.1) is 26.2 Å². The molecule has 3 aromatic rings. The van der Waals surface area contributed by atoms with Crippen molar-refractivity contribution in [3.63, 3.8) is 0 Å². The highest BCUT2D eigenvalue weighted by Gasteiger charge is 2.18. The molecule has 3 rings (SSSR count). The number of amides is 1. The van der Waals surface area contributed by atoms with Crippen LogP contribution in [-0.4, -0.2) is 31.1 Å². The number of esters is 1. The molecule has 6 nitrogen and oxygen atoms in total. The first kappa shape index (κ1) is 21.5. The SMILES string of the molecule is COC(=O)c1cc2cc(Cl)cc(CNC(=O)Cc3ccc(F)cc3C)c2nc1OC. The molecule has 0 atom stereocenters. The number of pyridine rings is 1. The van der Waals surface area contributed by atoms with Crippen LogP contribution in [0.15, 0.2) is 36.4 Å². The number of methoxy groups -OCH3 is 2. The van der Waals surface area contributed by atoms with Gasteiger partial charge in [0.2, 0.25) is 11.8 Å². The molecule has 30 heavy (non-hydrogen) atoms. The van der Waals surface area contributed by atoms with E-state index in [1.165, 1.54) is 26.4 Å². The van der Waals surface area contributed by atoms with E-state index in [-0.39, 0.29) is 36.1 Å². The zero-order valence-corrected chi connectivity index (χ0v) is 17.5. The van der Waals surface area contributed by atoms with Crippen molar-refractivity contribution >= 4 is 34.4 Å². The Balaban J connectivity index is 1.86. The average Bonchev–Trinajstić information content (AvgIpc) is 2.72. The summed E-state index contributed by atoms with van der Waals surface area (Å²) in [5.74, 6) is -1.03. The Morgan fingerprint density at radius 1 is 1.13 bits per heavy atom. The highest BCUT2D eigenvalue weighted by atomic mass is 35.5. The first-order chi connectivity index (χ1) is 14.3. The van der Waals surface area contributed by atoms with Gasteiger partial charge in [0, 0.05) is 17.0 Å². The summed E-state index contributed by atoms with van der Waals surface area (Å²) in [6, 6.07) is 9.27. The van der Waals surface area contributed by atoms with Crippen molar-refractivity contribution in [3.05, 3.63) is 69.5 Å². The summed E-state index contributed by atoms with van der Waals surface area (Å²) in [4.78, 5) is 28.8. The summed E-state index contributed by atoms with van der Waals surface area (Å²) in [7, 11) is 2.68. The van der Waals surface area contributed by atoms with Gasteiger partial charge in [-0.15, -0.1) is 0 Å². The lowest BCUT2D eigenvalue weighted by molar-refractivity contribution is -0.120. The van der Waals surface area contributed by atoms with Crippen LogP contribution < -0.4 is 10.1 Å². The number of hydrogen-bond donors (Lipinski definition) is 1. The lowest BCUT2D eigenvalue weighted by Gasteiger charge is -2.12. The second-order valence-electron chi connectivity index (χ2n) is 6.70. The molecule has 156 valence electrons. The minimum atomic E-state index is -0.578. The van der Waals surface area contributed by atoms with Crippen molar-refractivity contribution in [3.8, 4) is 5.88 Å². The highest BCUT2D eigenvalue weighted by molar-refractivity contribution is 6.31. The number of hydrogen-bond acceptors (Lipinski definition) is 5. The maximum atomic E-state index is 13.2. The van der Waals surface area contributed by atoms with Gasteiger partial charge in [-0.3, -0.25) is 4.79 Å². The van der Waals surface area contributed by atoms with Gasteiger partial charge in [0.25, 0.3) is 0 Å². The fourth-order valence-corrected chi connectivity index (χ4v) is 3.39. The van der Waals surface area contributed by atoms with E-state index in [9.17, 15) is 14.0 Å². The fraction of sp³-hybridized carbons (Fsp3) is 0.227. The molecule has 1 aromatic heterocycles. The van der Waals surface area contributed by atoms with Crippen LogP contribution in [0.4, 0.5) is 4.39 Å². The first-order valence-corrected chi connectivity index (χ1v) is 9.47. The Morgan fingerprint density at radius 3 is 2.57 bits per heavy atom. The normalized spacial score (nSPS) is 10.7. The smallest absolute Gasteiger partial charge is 0.343 e. The molecule has 0 aliphatic rings. The van der Waals surface area contributed by atoms with Gasteiger partial charge in [0.1, 0.15) is 11.4 Å². The van der Waals surface area contributed by atoms with E-state index in [4.69, 9.17) is 21.1 Å². The van der Waals surface area contributed by atoms with Gasteiger partial charge in [-0.25, -0.2) is 14.2 Å².